The van der Waals surface area contributed by atoms with Crippen LogP contribution in [0.25, 0.3) is 0 Å². The Balaban J connectivity index is 2.16. The minimum absolute atomic E-state index is 0.159. The third kappa shape index (κ3) is 3.51. The molecule has 3 atom stereocenters. The summed E-state index contributed by atoms with van der Waals surface area (Å²) in [5.74, 6) is 1.46. The van der Waals surface area contributed by atoms with E-state index in [1.54, 1.807) is 7.11 Å². The predicted octanol–water partition coefficient (Wildman–Crippen LogP) is 2.40. The predicted molar refractivity (Wildman–Crippen MR) is 79.1 cm³/mol. The summed E-state index contributed by atoms with van der Waals surface area (Å²) in [7, 11) is 3.66. The van der Waals surface area contributed by atoms with Crippen molar-refractivity contribution in [2.75, 3.05) is 34.0 Å². The summed E-state index contributed by atoms with van der Waals surface area (Å²) in [5.41, 5.74) is 1.16. The van der Waals surface area contributed by atoms with Crippen LogP contribution in [0, 0.1) is 5.92 Å². The number of para-hydroxylation sites is 1. The number of likely N-dealkylation sites (N-methyl/N-ethyl adjacent to an activating group) is 1. The molecule has 1 aliphatic rings. The normalized spacial score (nSPS) is 23.8. The maximum absolute atomic E-state index is 5.91. The van der Waals surface area contributed by atoms with Gasteiger partial charge in [0.05, 0.1) is 18.8 Å². The monoisotopic (exact) mass is 279 g/mol. The van der Waals surface area contributed by atoms with Crippen LogP contribution in [0.5, 0.6) is 5.75 Å². The molecule has 0 bridgehead atoms. The highest BCUT2D eigenvalue weighted by atomic mass is 16.5. The molecule has 0 aromatic heterocycles. The van der Waals surface area contributed by atoms with E-state index in [2.05, 4.69) is 18.3 Å². The van der Waals surface area contributed by atoms with E-state index in [4.69, 9.17) is 14.2 Å². The first-order valence-corrected chi connectivity index (χ1v) is 7.27. The van der Waals surface area contributed by atoms with E-state index in [-0.39, 0.29) is 12.1 Å². The molecule has 0 saturated carbocycles. The Morgan fingerprint density at radius 2 is 2.15 bits per heavy atom. The van der Waals surface area contributed by atoms with Gasteiger partial charge >= 0.3 is 0 Å². The third-order valence-corrected chi connectivity index (χ3v) is 3.88. The first-order chi connectivity index (χ1) is 9.77. The van der Waals surface area contributed by atoms with Crippen molar-refractivity contribution in [1.82, 2.24) is 5.32 Å². The summed E-state index contributed by atoms with van der Waals surface area (Å²) in [6, 6.07) is 8.32. The highest BCUT2D eigenvalue weighted by molar-refractivity contribution is 5.37. The van der Waals surface area contributed by atoms with Gasteiger partial charge in [-0.15, -0.1) is 0 Å². The lowest BCUT2D eigenvalue weighted by Crippen LogP contribution is -2.33. The lowest BCUT2D eigenvalue weighted by Gasteiger charge is -2.27. The van der Waals surface area contributed by atoms with Gasteiger partial charge in [-0.2, -0.15) is 0 Å². The van der Waals surface area contributed by atoms with Crippen LogP contribution in [0.2, 0.25) is 0 Å². The van der Waals surface area contributed by atoms with Crippen molar-refractivity contribution in [3.63, 3.8) is 0 Å². The van der Waals surface area contributed by atoms with Crippen LogP contribution in [0.4, 0.5) is 0 Å². The van der Waals surface area contributed by atoms with Crippen LogP contribution in [0.15, 0.2) is 24.3 Å². The molecule has 1 N–H and O–H groups in total. The second-order valence-corrected chi connectivity index (χ2v) is 5.25. The van der Waals surface area contributed by atoms with Crippen LogP contribution >= 0.6 is 0 Å². The van der Waals surface area contributed by atoms with E-state index in [0.717, 1.165) is 24.3 Å². The molecule has 4 heteroatoms. The zero-order chi connectivity index (χ0) is 14.4. The van der Waals surface area contributed by atoms with Gasteiger partial charge in [0.1, 0.15) is 12.4 Å². The van der Waals surface area contributed by atoms with Crippen LogP contribution < -0.4 is 10.1 Å². The first kappa shape index (κ1) is 15.3. The van der Waals surface area contributed by atoms with Gasteiger partial charge in [0, 0.05) is 19.3 Å². The lowest BCUT2D eigenvalue weighted by atomic mass is 9.92. The topological polar surface area (TPSA) is 39.7 Å². The molecular formula is C16H25NO3. The van der Waals surface area contributed by atoms with Crippen molar-refractivity contribution in [3.05, 3.63) is 29.8 Å². The molecule has 20 heavy (non-hydrogen) atoms. The quantitative estimate of drug-likeness (QED) is 0.778. The standard InChI is InChI=1S/C16H25NO3/c1-12-8-9-20-16(12)15(17-2)13-6-4-5-7-14(13)19-11-10-18-3/h4-7,12,15-17H,8-11H2,1-3H3. The van der Waals surface area contributed by atoms with Crippen molar-refractivity contribution in [2.24, 2.45) is 5.92 Å². The van der Waals surface area contributed by atoms with Crippen LogP contribution in [-0.4, -0.2) is 40.1 Å². The van der Waals surface area contributed by atoms with Gasteiger partial charge in [0.2, 0.25) is 0 Å². The number of rotatable bonds is 7. The van der Waals surface area contributed by atoms with Gasteiger partial charge in [0.15, 0.2) is 0 Å². The summed E-state index contributed by atoms with van der Waals surface area (Å²) in [6.07, 6.45) is 1.32. The Hall–Kier alpha value is -1.10. The molecule has 1 fully saturated rings. The SMILES string of the molecule is CNC(c1ccccc1OCCOC)C1OCCC1C. The molecule has 0 amide bonds. The maximum atomic E-state index is 5.91. The molecule has 4 nitrogen and oxygen atoms in total. The minimum atomic E-state index is 0.159. The largest absolute Gasteiger partial charge is 0.491 e. The second-order valence-electron chi connectivity index (χ2n) is 5.25. The zero-order valence-corrected chi connectivity index (χ0v) is 12.6. The molecule has 3 unspecified atom stereocenters. The number of hydrogen-bond donors (Lipinski definition) is 1. The Labute approximate surface area is 121 Å². The molecule has 0 aliphatic carbocycles. The van der Waals surface area contributed by atoms with Gasteiger partial charge < -0.3 is 19.5 Å². The molecule has 1 aromatic rings. The Morgan fingerprint density at radius 3 is 2.80 bits per heavy atom. The second kappa shape index (κ2) is 7.62. The van der Waals surface area contributed by atoms with Crippen molar-refractivity contribution >= 4 is 0 Å². The van der Waals surface area contributed by atoms with E-state index < -0.39 is 0 Å². The fourth-order valence-corrected chi connectivity index (χ4v) is 2.74. The van der Waals surface area contributed by atoms with E-state index in [0.29, 0.717) is 19.1 Å². The summed E-state index contributed by atoms with van der Waals surface area (Å²) in [4.78, 5) is 0. The molecule has 1 aromatic carbocycles. The van der Waals surface area contributed by atoms with Crippen molar-refractivity contribution in [2.45, 2.75) is 25.5 Å². The fraction of sp³-hybridized carbons (Fsp3) is 0.625. The fourth-order valence-electron chi connectivity index (χ4n) is 2.74. The van der Waals surface area contributed by atoms with Gasteiger partial charge in [-0.3, -0.25) is 0 Å². The molecular weight excluding hydrogens is 254 g/mol. The van der Waals surface area contributed by atoms with Crippen molar-refractivity contribution in [1.29, 1.82) is 0 Å². The molecule has 0 spiro atoms. The van der Waals surface area contributed by atoms with Gasteiger partial charge in [0.25, 0.3) is 0 Å². The Bertz CT molecular complexity index is 410. The summed E-state index contributed by atoms with van der Waals surface area (Å²) >= 11 is 0. The molecule has 1 aliphatic heterocycles. The van der Waals surface area contributed by atoms with E-state index in [9.17, 15) is 0 Å². The van der Waals surface area contributed by atoms with Crippen molar-refractivity contribution in [3.8, 4) is 5.75 Å². The number of hydrogen-bond acceptors (Lipinski definition) is 4. The number of ether oxygens (including phenoxy) is 3. The Kier molecular flexibility index (Phi) is 5.83. The molecule has 1 saturated heterocycles. The summed E-state index contributed by atoms with van der Waals surface area (Å²) in [6.45, 7) is 4.24. The molecule has 112 valence electrons. The molecule has 2 rings (SSSR count). The number of nitrogens with one attached hydrogen (secondary N) is 1. The van der Waals surface area contributed by atoms with E-state index in [1.807, 2.05) is 25.2 Å². The summed E-state index contributed by atoms with van der Waals surface area (Å²) in [5, 5.41) is 3.39. The molecule has 1 heterocycles. The van der Waals surface area contributed by atoms with Crippen LogP contribution in [0.1, 0.15) is 24.9 Å². The average molecular weight is 279 g/mol. The van der Waals surface area contributed by atoms with Gasteiger partial charge in [-0.1, -0.05) is 25.1 Å². The van der Waals surface area contributed by atoms with E-state index in [1.165, 1.54) is 0 Å². The Morgan fingerprint density at radius 1 is 1.35 bits per heavy atom. The molecule has 0 radical (unpaired) electrons. The average Bonchev–Trinajstić information content (AvgIpc) is 2.88. The number of methoxy groups -OCH3 is 1. The maximum Gasteiger partial charge on any atom is 0.124 e. The highest BCUT2D eigenvalue weighted by Crippen LogP contribution is 2.35. The zero-order valence-electron chi connectivity index (χ0n) is 12.6. The van der Waals surface area contributed by atoms with Crippen molar-refractivity contribution < 1.29 is 14.2 Å². The van der Waals surface area contributed by atoms with E-state index >= 15 is 0 Å². The van der Waals surface area contributed by atoms with Gasteiger partial charge in [-0.05, 0) is 25.5 Å². The first-order valence-electron chi connectivity index (χ1n) is 7.27. The summed E-state index contributed by atoms with van der Waals surface area (Å²) < 4.78 is 16.8. The lowest BCUT2D eigenvalue weighted by molar-refractivity contribution is 0.0617. The van der Waals surface area contributed by atoms with Gasteiger partial charge in [-0.25, -0.2) is 0 Å². The number of benzene rings is 1. The minimum Gasteiger partial charge on any atom is -0.491 e. The van der Waals surface area contributed by atoms with Crippen LogP contribution in [-0.2, 0) is 9.47 Å². The van der Waals surface area contributed by atoms with Crippen LogP contribution in [0.3, 0.4) is 0 Å². The smallest absolute Gasteiger partial charge is 0.124 e. The third-order valence-electron chi connectivity index (χ3n) is 3.88. The highest BCUT2D eigenvalue weighted by Gasteiger charge is 2.33.